The lowest BCUT2D eigenvalue weighted by atomic mass is 10.0. The fourth-order valence-electron chi connectivity index (χ4n) is 2.88. The van der Waals surface area contributed by atoms with Gasteiger partial charge in [0.2, 0.25) is 5.91 Å². The number of ether oxygens (including phenoxy) is 1. The normalized spacial score (nSPS) is 26.4. The summed E-state index contributed by atoms with van der Waals surface area (Å²) in [6.07, 6.45) is 0.528. The molecule has 2 fully saturated rings. The molecular weight excluding hydrogens is 226 g/mol. The van der Waals surface area contributed by atoms with Crippen LogP contribution in [-0.2, 0) is 16.0 Å². The summed E-state index contributed by atoms with van der Waals surface area (Å²) in [6.45, 7) is 5.50. The molecule has 0 aliphatic carbocycles. The van der Waals surface area contributed by atoms with Gasteiger partial charge in [0.25, 0.3) is 0 Å². The summed E-state index contributed by atoms with van der Waals surface area (Å²) in [5, 5.41) is 0. The molecule has 1 aromatic rings. The Balaban J connectivity index is 1.60. The second kappa shape index (κ2) is 4.73. The van der Waals surface area contributed by atoms with Crippen LogP contribution in [0.5, 0.6) is 0 Å². The van der Waals surface area contributed by atoms with Crippen LogP contribution in [0.1, 0.15) is 11.1 Å². The Morgan fingerprint density at radius 3 is 2.44 bits per heavy atom. The van der Waals surface area contributed by atoms with Crippen molar-refractivity contribution in [3.63, 3.8) is 0 Å². The summed E-state index contributed by atoms with van der Waals surface area (Å²) in [6, 6.07) is 8.23. The minimum absolute atomic E-state index is 0.258. The van der Waals surface area contributed by atoms with Gasteiger partial charge in [-0.2, -0.15) is 0 Å². The Morgan fingerprint density at radius 2 is 1.83 bits per heavy atom. The highest BCUT2D eigenvalue weighted by molar-refractivity contribution is 5.79. The molecule has 2 saturated heterocycles. The summed E-state index contributed by atoms with van der Waals surface area (Å²) in [7, 11) is 0. The number of rotatable bonds is 2. The first kappa shape index (κ1) is 11.7. The summed E-state index contributed by atoms with van der Waals surface area (Å²) in [5.74, 6) is 1.41. The molecule has 3 rings (SSSR count). The van der Waals surface area contributed by atoms with E-state index in [0.29, 0.717) is 18.3 Å². The Kier molecular flexibility index (Phi) is 3.08. The smallest absolute Gasteiger partial charge is 0.227 e. The van der Waals surface area contributed by atoms with Gasteiger partial charge in [-0.05, 0) is 12.5 Å². The minimum Gasteiger partial charge on any atom is -0.381 e. The van der Waals surface area contributed by atoms with Gasteiger partial charge in [0.15, 0.2) is 0 Å². The minimum atomic E-state index is 0.258. The molecular formula is C15H19NO2. The molecule has 1 amide bonds. The largest absolute Gasteiger partial charge is 0.381 e. The highest BCUT2D eigenvalue weighted by Gasteiger charge is 2.38. The average Bonchev–Trinajstić information content (AvgIpc) is 2.92. The van der Waals surface area contributed by atoms with Crippen LogP contribution in [0.2, 0.25) is 0 Å². The first-order valence-corrected chi connectivity index (χ1v) is 6.63. The van der Waals surface area contributed by atoms with Gasteiger partial charge in [0, 0.05) is 24.9 Å². The molecule has 0 bridgehead atoms. The van der Waals surface area contributed by atoms with Crippen LogP contribution >= 0.6 is 0 Å². The zero-order valence-electron chi connectivity index (χ0n) is 10.8. The molecule has 2 atom stereocenters. The Labute approximate surface area is 108 Å². The Morgan fingerprint density at radius 1 is 1.22 bits per heavy atom. The second-order valence-corrected chi connectivity index (χ2v) is 5.52. The third-order valence-electron chi connectivity index (χ3n) is 4.07. The van der Waals surface area contributed by atoms with Crippen molar-refractivity contribution in [3.05, 3.63) is 35.4 Å². The fourth-order valence-corrected chi connectivity index (χ4v) is 2.88. The molecule has 0 spiro atoms. The summed E-state index contributed by atoms with van der Waals surface area (Å²) in [5.41, 5.74) is 2.35. The zero-order valence-corrected chi connectivity index (χ0v) is 10.8. The van der Waals surface area contributed by atoms with Crippen molar-refractivity contribution < 1.29 is 9.53 Å². The van der Waals surface area contributed by atoms with Gasteiger partial charge < -0.3 is 9.64 Å². The number of benzene rings is 1. The van der Waals surface area contributed by atoms with Crippen molar-refractivity contribution >= 4 is 5.91 Å². The molecule has 2 aliphatic heterocycles. The summed E-state index contributed by atoms with van der Waals surface area (Å²) < 4.78 is 5.43. The molecule has 18 heavy (non-hydrogen) atoms. The number of nitrogens with zero attached hydrogens (tertiary/aromatic N) is 1. The molecule has 0 radical (unpaired) electrons. The average molecular weight is 245 g/mol. The molecule has 0 aromatic heterocycles. The molecule has 0 saturated carbocycles. The maximum absolute atomic E-state index is 12.2. The van der Waals surface area contributed by atoms with Gasteiger partial charge in [-0.25, -0.2) is 0 Å². The predicted molar refractivity (Wildman–Crippen MR) is 69.3 cm³/mol. The standard InChI is InChI=1S/C15H19NO2/c1-11-2-4-12(5-3-11)6-15(17)16-7-13-9-18-10-14(13)8-16/h2-5,13-14H,6-10H2,1H3/t13-,14+. The van der Waals surface area contributed by atoms with Gasteiger partial charge >= 0.3 is 0 Å². The predicted octanol–water partition coefficient (Wildman–Crippen LogP) is 1.64. The Bertz CT molecular complexity index is 428. The van der Waals surface area contributed by atoms with Crippen LogP contribution in [0.4, 0.5) is 0 Å². The van der Waals surface area contributed by atoms with Crippen molar-refractivity contribution in [1.82, 2.24) is 4.90 Å². The highest BCUT2D eigenvalue weighted by atomic mass is 16.5. The number of hydrogen-bond donors (Lipinski definition) is 0. The van der Waals surface area contributed by atoms with Crippen molar-refractivity contribution in [2.75, 3.05) is 26.3 Å². The monoisotopic (exact) mass is 245 g/mol. The van der Waals surface area contributed by atoms with Gasteiger partial charge in [0.1, 0.15) is 0 Å². The highest BCUT2D eigenvalue weighted by Crippen LogP contribution is 2.29. The lowest BCUT2D eigenvalue weighted by molar-refractivity contribution is -0.129. The van der Waals surface area contributed by atoms with Crippen LogP contribution in [0, 0.1) is 18.8 Å². The van der Waals surface area contributed by atoms with Crippen LogP contribution in [0.3, 0.4) is 0 Å². The maximum atomic E-state index is 12.2. The van der Waals surface area contributed by atoms with Crippen LogP contribution in [0.15, 0.2) is 24.3 Å². The van der Waals surface area contributed by atoms with E-state index in [4.69, 9.17) is 4.74 Å². The van der Waals surface area contributed by atoms with Crippen molar-refractivity contribution in [2.45, 2.75) is 13.3 Å². The van der Waals surface area contributed by atoms with E-state index >= 15 is 0 Å². The van der Waals surface area contributed by atoms with Gasteiger partial charge in [0.05, 0.1) is 19.6 Å². The van der Waals surface area contributed by atoms with Gasteiger partial charge in [-0.1, -0.05) is 29.8 Å². The lowest BCUT2D eigenvalue weighted by Gasteiger charge is -2.17. The topological polar surface area (TPSA) is 29.5 Å². The summed E-state index contributed by atoms with van der Waals surface area (Å²) >= 11 is 0. The van der Waals surface area contributed by atoms with Crippen LogP contribution in [0.25, 0.3) is 0 Å². The molecule has 96 valence electrons. The zero-order chi connectivity index (χ0) is 12.5. The van der Waals surface area contributed by atoms with E-state index in [-0.39, 0.29) is 5.91 Å². The Hall–Kier alpha value is -1.35. The molecule has 0 N–H and O–H groups in total. The van der Waals surface area contributed by atoms with Gasteiger partial charge in [-0.15, -0.1) is 0 Å². The van der Waals surface area contributed by atoms with E-state index in [1.165, 1.54) is 5.56 Å². The number of carbonyl (C=O) groups excluding carboxylic acids is 1. The number of aryl methyl sites for hydroxylation is 1. The number of hydrogen-bond acceptors (Lipinski definition) is 2. The fraction of sp³-hybridized carbons (Fsp3) is 0.533. The van der Waals surface area contributed by atoms with E-state index in [0.717, 1.165) is 31.9 Å². The SMILES string of the molecule is Cc1ccc(CC(=O)N2C[C@H]3COC[C@H]3C2)cc1. The maximum Gasteiger partial charge on any atom is 0.227 e. The molecule has 1 aromatic carbocycles. The van der Waals surface area contributed by atoms with Crippen LogP contribution in [-0.4, -0.2) is 37.1 Å². The number of fused-ring (bicyclic) bond motifs is 1. The second-order valence-electron chi connectivity index (χ2n) is 5.52. The van der Waals surface area contributed by atoms with Crippen molar-refractivity contribution in [2.24, 2.45) is 11.8 Å². The van der Waals surface area contributed by atoms with Crippen molar-refractivity contribution in [1.29, 1.82) is 0 Å². The van der Waals surface area contributed by atoms with E-state index in [2.05, 4.69) is 19.1 Å². The van der Waals surface area contributed by atoms with Crippen LogP contribution < -0.4 is 0 Å². The molecule has 3 heteroatoms. The number of carbonyl (C=O) groups is 1. The van der Waals surface area contributed by atoms with E-state index in [9.17, 15) is 4.79 Å². The third-order valence-corrected chi connectivity index (χ3v) is 4.07. The number of likely N-dealkylation sites (tertiary alicyclic amines) is 1. The van der Waals surface area contributed by atoms with E-state index < -0.39 is 0 Å². The summed E-state index contributed by atoms with van der Waals surface area (Å²) in [4.78, 5) is 14.2. The molecule has 3 nitrogen and oxygen atoms in total. The first-order valence-electron chi connectivity index (χ1n) is 6.63. The molecule has 0 unspecified atom stereocenters. The third kappa shape index (κ3) is 2.27. The van der Waals surface area contributed by atoms with E-state index in [1.54, 1.807) is 0 Å². The van der Waals surface area contributed by atoms with E-state index in [1.807, 2.05) is 17.0 Å². The molecule has 2 aliphatic rings. The molecule has 2 heterocycles. The van der Waals surface area contributed by atoms with Gasteiger partial charge in [-0.3, -0.25) is 4.79 Å². The van der Waals surface area contributed by atoms with Crippen molar-refractivity contribution in [3.8, 4) is 0 Å². The lowest BCUT2D eigenvalue weighted by Crippen LogP contribution is -2.31. The quantitative estimate of drug-likeness (QED) is 0.793. The first-order chi connectivity index (χ1) is 8.72. The number of amides is 1.